The number of anilines is 2. The molecule has 3 N–H and O–H groups in total. The molecule has 1 aliphatic rings. The Balaban J connectivity index is 0.00000243. The molecule has 1 aliphatic carbocycles. The first-order valence-corrected chi connectivity index (χ1v) is 8.41. The van der Waals surface area contributed by atoms with Crippen LogP contribution >= 0.6 is 0 Å². The zero-order chi connectivity index (χ0) is 18.0. The van der Waals surface area contributed by atoms with Gasteiger partial charge in [-0.05, 0) is 25.5 Å². The van der Waals surface area contributed by atoms with Gasteiger partial charge in [-0.25, -0.2) is 4.98 Å². The number of aryl methyl sites for hydroxylation is 1. The minimum atomic E-state index is -0.341. The number of aromatic nitrogens is 2. The van der Waals surface area contributed by atoms with Crippen molar-refractivity contribution in [1.29, 1.82) is 5.26 Å². The summed E-state index contributed by atoms with van der Waals surface area (Å²) in [6.45, 7) is 6.54. The standard InChI is InChI=1S/C18H23N5O2.H2/c1-11-4-5-13(25-11)6-7-20-17-21-10-12(9-19)16(23-17)22-14-8-15(24)18(14,2)3;/h4-5,10,14-15,24H,6-8H2,1-3H3,(H2,20,21,22,23);1H/t14-,15?;/m1./s1. The molecule has 0 amide bonds. The highest BCUT2D eigenvalue weighted by atomic mass is 16.3. The zero-order valence-corrected chi connectivity index (χ0v) is 14.7. The summed E-state index contributed by atoms with van der Waals surface area (Å²) in [4.78, 5) is 8.61. The van der Waals surface area contributed by atoms with E-state index >= 15 is 0 Å². The maximum atomic E-state index is 9.87. The van der Waals surface area contributed by atoms with Crippen LogP contribution in [0.4, 0.5) is 11.8 Å². The van der Waals surface area contributed by atoms with Crippen LogP contribution in [0.15, 0.2) is 22.7 Å². The van der Waals surface area contributed by atoms with Gasteiger partial charge in [0.05, 0.1) is 12.3 Å². The third-order valence-electron chi connectivity index (χ3n) is 4.89. The second-order valence-electron chi connectivity index (χ2n) is 7.03. The molecule has 0 aromatic carbocycles. The lowest BCUT2D eigenvalue weighted by molar-refractivity contribution is -0.0511. The summed E-state index contributed by atoms with van der Waals surface area (Å²) in [6, 6.07) is 6.07. The number of rotatable bonds is 6. The Morgan fingerprint density at radius 1 is 1.48 bits per heavy atom. The number of hydrogen-bond acceptors (Lipinski definition) is 7. The number of nitrogens with zero attached hydrogens (tertiary/aromatic N) is 3. The predicted octanol–water partition coefficient (Wildman–Crippen LogP) is 2.72. The van der Waals surface area contributed by atoms with Crippen molar-refractivity contribution < 1.29 is 11.0 Å². The van der Waals surface area contributed by atoms with Gasteiger partial charge in [-0.15, -0.1) is 0 Å². The molecule has 3 rings (SSSR count). The first-order chi connectivity index (χ1) is 11.9. The van der Waals surface area contributed by atoms with E-state index in [0.717, 1.165) is 17.9 Å². The van der Waals surface area contributed by atoms with Gasteiger partial charge in [-0.1, -0.05) is 13.8 Å². The molecule has 7 heteroatoms. The lowest BCUT2D eigenvalue weighted by Crippen LogP contribution is -2.57. The van der Waals surface area contributed by atoms with E-state index in [9.17, 15) is 10.4 Å². The Kier molecular flexibility index (Phi) is 4.64. The molecule has 1 saturated carbocycles. The van der Waals surface area contributed by atoms with Gasteiger partial charge in [0, 0.05) is 25.8 Å². The lowest BCUT2D eigenvalue weighted by atomic mass is 9.64. The van der Waals surface area contributed by atoms with Gasteiger partial charge < -0.3 is 20.2 Å². The molecule has 0 aliphatic heterocycles. The van der Waals surface area contributed by atoms with Crippen molar-refractivity contribution in [1.82, 2.24) is 9.97 Å². The molecular formula is C18H25N5O2. The van der Waals surface area contributed by atoms with Crippen LogP contribution in [0.5, 0.6) is 0 Å². The lowest BCUT2D eigenvalue weighted by Gasteiger charge is -2.49. The second kappa shape index (κ2) is 6.73. The highest BCUT2D eigenvalue weighted by Gasteiger charge is 2.47. The Morgan fingerprint density at radius 3 is 2.88 bits per heavy atom. The van der Waals surface area contributed by atoms with Crippen LogP contribution in [0.2, 0.25) is 0 Å². The van der Waals surface area contributed by atoms with E-state index in [-0.39, 0.29) is 19.0 Å². The van der Waals surface area contributed by atoms with Crippen LogP contribution in [-0.4, -0.2) is 33.8 Å². The summed E-state index contributed by atoms with van der Waals surface area (Å²) in [7, 11) is 0. The second-order valence-corrected chi connectivity index (χ2v) is 7.03. The SMILES string of the molecule is Cc1ccc(CCNc2ncc(C#N)c(N[C@@H]3CC(O)C3(C)C)n2)o1.[HH]. The first-order valence-electron chi connectivity index (χ1n) is 8.41. The summed E-state index contributed by atoms with van der Waals surface area (Å²) in [5.41, 5.74) is 0.145. The van der Waals surface area contributed by atoms with E-state index < -0.39 is 0 Å². The Hall–Kier alpha value is -2.59. The number of aliphatic hydroxyl groups is 1. The fourth-order valence-electron chi connectivity index (χ4n) is 2.89. The van der Waals surface area contributed by atoms with Gasteiger partial charge >= 0.3 is 0 Å². The van der Waals surface area contributed by atoms with E-state index in [0.29, 0.717) is 30.3 Å². The molecule has 0 spiro atoms. The maximum Gasteiger partial charge on any atom is 0.224 e. The molecule has 2 heterocycles. The normalized spacial score (nSPS) is 21.2. The van der Waals surface area contributed by atoms with Crippen LogP contribution in [0.1, 0.15) is 38.8 Å². The summed E-state index contributed by atoms with van der Waals surface area (Å²) in [5.74, 6) is 2.75. The molecule has 0 radical (unpaired) electrons. The van der Waals surface area contributed by atoms with E-state index in [4.69, 9.17) is 4.42 Å². The van der Waals surface area contributed by atoms with Crippen LogP contribution in [0.3, 0.4) is 0 Å². The van der Waals surface area contributed by atoms with Gasteiger partial charge in [0.2, 0.25) is 5.95 Å². The molecule has 1 unspecified atom stereocenters. The van der Waals surface area contributed by atoms with Gasteiger partial charge in [-0.2, -0.15) is 10.2 Å². The molecule has 25 heavy (non-hydrogen) atoms. The third kappa shape index (κ3) is 3.59. The summed E-state index contributed by atoms with van der Waals surface area (Å²) in [6.07, 6.45) is 2.54. The van der Waals surface area contributed by atoms with Gasteiger partial charge in [0.15, 0.2) is 0 Å². The fraction of sp³-hybridized carbons (Fsp3) is 0.500. The summed E-state index contributed by atoms with van der Waals surface area (Å²) < 4.78 is 5.53. The number of aliphatic hydroxyl groups excluding tert-OH is 1. The molecule has 7 nitrogen and oxygen atoms in total. The zero-order valence-electron chi connectivity index (χ0n) is 14.7. The molecule has 0 saturated heterocycles. The predicted molar refractivity (Wildman–Crippen MR) is 96.3 cm³/mol. The largest absolute Gasteiger partial charge is 0.466 e. The van der Waals surface area contributed by atoms with Crippen molar-refractivity contribution in [3.63, 3.8) is 0 Å². The molecule has 2 atom stereocenters. The Bertz CT molecular complexity index is 799. The number of hydrogen-bond donors (Lipinski definition) is 3. The third-order valence-corrected chi connectivity index (χ3v) is 4.89. The minimum Gasteiger partial charge on any atom is -0.466 e. The van der Waals surface area contributed by atoms with E-state index in [1.54, 1.807) is 0 Å². The topological polar surface area (TPSA) is 107 Å². The van der Waals surface area contributed by atoms with Crippen molar-refractivity contribution in [3.8, 4) is 6.07 Å². The van der Waals surface area contributed by atoms with Crippen LogP contribution < -0.4 is 10.6 Å². The van der Waals surface area contributed by atoms with Crippen molar-refractivity contribution in [3.05, 3.63) is 35.4 Å². The number of nitriles is 1. The Morgan fingerprint density at radius 2 is 2.28 bits per heavy atom. The first kappa shape index (κ1) is 17.2. The monoisotopic (exact) mass is 343 g/mol. The smallest absolute Gasteiger partial charge is 0.224 e. The molecule has 0 bridgehead atoms. The van der Waals surface area contributed by atoms with Gasteiger partial charge in [0.1, 0.15) is 29.0 Å². The van der Waals surface area contributed by atoms with Crippen LogP contribution in [-0.2, 0) is 6.42 Å². The highest BCUT2D eigenvalue weighted by Crippen LogP contribution is 2.42. The minimum absolute atomic E-state index is 0. The molecule has 2 aromatic rings. The summed E-state index contributed by atoms with van der Waals surface area (Å²) in [5, 5.41) is 25.6. The van der Waals surface area contributed by atoms with Crippen LogP contribution in [0, 0.1) is 23.7 Å². The van der Waals surface area contributed by atoms with E-state index in [1.165, 1.54) is 6.20 Å². The van der Waals surface area contributed by atoms with Crippen molar-refractivity contribution in [2.75, 3.05) is 17.2 Å². The fourth-order valence-corrected chi connectivity index (χ4v) is 2.89. The van der Waals surface area contributed by atoms with E-state index in [2.05, 4.69) is 26.7 Å². The molecule has 1 fully saturated rings. The molecule has 2 aromatic heterocycles. The highest BCUT2D eigenvalue weighted by molar-refractivity contribution is 5.54. The van der Waals surface area contributed by atoms with E-state index in [1.807, 2.05) is 32.9 Å². The Labute approximate surface area is 148 Å². The summed E-state index contributed by atoms with van der Waals surface area (Å²) >= 11 is 0. The molecule has 134 valence electrons. The maximum absolute atomic E-state index is 9.87. The van der Waals surface area contributed by atoms with Gasteiger partial charge in [-0.3, -0.25) is 0 Å². The quantitative estimate of drug-likeness (QED) is 0.740. The number of furan rings is 1. The number of nitrogens with one attached hydrogen (secondary N) is 2. The molecular weight excluding hydrogens is 318 g/mol. The van der Waals surface area contributed by atoms with Crippen molar-refractivity contribution >= 4 is 11.8 Å². The average molecular weight is 343 g/mol. The van der Waals surface area contributed by atoms with Crippen molar-refractivity contribution in [2.45, 2.75) is 45.8 Å². The van der Waals surface area contributed by atoms with Crippen LogP contribution in [0.25, 0.3) is 0 Å². The van der Waals surface area contributed by atoms with Crippen molar-refractivity contribution in [2.24, 2.45) is 5.41 Å². The average Bonchev–Trinajstić information content (AvgIpc) is 3.00. The van der Waals surface area contributed by atoms with Gasteiger partial charge in [0.25, 0.3) is 0 Å².